The van der Waals surface area contributed by atoms with Crippen molar-refractivity contribution < 1.29 is 17.9 Å². The Morgan fingerprint density at radius 3 is 2.19 bits per heavy atom. The van der Waals surface area contributed by atoms with Crippen LogP contribution in [-0.4, -0.2) is 24.4 Å². The minimum absolute atomic E-state index is 0.167. The zero-order valence-electron chi connectivity index (χ0n) is 8.63. The van der Waals surface area contributed by atoms with Crippen LogP contribution in [0.5, 0.6) is 5.75 Å². The van der Waals surface area contributed by atoms with Crippen molar-refractivity contribution in [1.82, 2.24) is 4.90 Å². The molecule has 1 heterocycles. The third-order valence-corrected chi connectivity index (χ3v) is 2.51. The summed E-state index contributed by atoms with van der Waals surface area (Å²) in [5, 5.41) is 0. The highest BCUT2D eigenvalue weighted by molar-refractivity contribution is 5.27. The second kappa shape index (κ2) is 4.33. The van der Waals surface area contributed by atoms with Crippen LogP contribution in [0.1, 0.15) is 12.0 Å². The first-order valence-electron chi connectivity index (χ1n) is 5.10. The lowest BCUT2D eigenvalue weighted by atomic mass is 10.1. The molecule has 0 unspecified atom stereocenters. The molecule has 2 nitrogen and oxygen atoms in total. The molecule has 1 saturated heterocycles. The van der Waals surface area contributed by atoms with Crippen LogP contribution in [0, 0.1) is 0 Å². The first kappa shape index (κ1) is 11.3. The maximum atomic E-state index is 11.9. The number of hydrogen-bond donors (Lipinski definition) is 0. The Kier molecular flexibility index (Phi) is 3.05. The van der Waals surface area contributed by atoms with Crippen molar-refractivity contribution in [3.05, 3.63) is 29.8 Å². The molecule has 1 aliphatic heterocycles. The van der Waals surface area contributed by atoms with Gasteiger partial charge in [-0.3, -0.25) is 4.90 Å². The fraction of sp³-hybridized carbons (Fsp3) is 0.455. The van der Waals surface area contributed by atoms with Gasteiger partial charge in [0, 0.05) is 6.54 Å². The van der Waals surface area contributed by atoms with Crippen LogP contribution in [0.25, 0.3) is 0 Å². The smallest absolute Gasteiger partial charge is 0.406 e. The van der Waals surface area contributed by atoms with Gasteiger partial charge < -0.3 is 4.74 Å². The number of halogens is 3. The van der Waals surface area contributed by atoms with Gasteiger partial charge in [0.05, 0.1) is 0 Å². The number of hydrogen-bond acceptors (Lipinski definition) is 2. The van der Waals surface area contributed by atoms with Gasteiger partial charge in [-0.1, -0.05) is 12.1 Å². The molecule has 0 aromatic heterocycles. The third kappa shape index (κ3) is 3.13. The van der Waals surface area contributed by atoms with E-state index in [0.29, 0.717) is 0 Å². The van der Waals surface area contributed by atoms with E-state index >= 15 is 0 Å². The average Bonchev–Trinajstić information content (AvgIpc) is 2.11. The monoisotopic (exact) mass is 231 g/mol. The number of alkyl halides is 3. The Morgan fingerprint density at radius 2 is 1.75 bits per heavy atom. The van der Waals surface area contributed by atoms with Crippen molar-refractivity contribution in [2.45, 2.75) is 19.3 Å². The van der Waals surface area contributed by atoms with E-state index in [-0.39, 0.29) is 5.75 Å². The molecule has 1 aromatic carbocycles. The summed E-state index contributed by atoms with van der Waals surface area (Å²) in [6.45, 7) is 2.94. The zero-order chi connectivity index (χ0) is 11.6. The number of rotatable bonds is 3. The Morgan fingerprint density at radius 1 is 1.12 bits per heavy atom. The maximum Gasteiger partial charge on any atom is 0.573 e. The summed E-state index contributed by atoms with van der Waals surface area (Å²) in [5.41, 5.74) is 1.01. The molecule has 0 saturated carbocycles. The quantitative estimate of drug-likeness (QED) is 0.793. The fourth-order valence-corrected chi connectivity index (χ4v) is 1.59. The summed E-state index contributed by atoms with van der Waals surface area (Å²) in [7, 11) is 0. The standard InChI is InChI=1S/C11H12F3NO/c12-11(13,14)16-10-4-2-9(3-5-10)8-15-6-1-7-15/h2-5H,1,6-8H2. The van der Waals surface area contributed by atoms with E-state index in [1.54, 1.807) is 12.1 Å². The van der Waals surface area contributed by atoms with E-state index in [0.717, 1.165) is 25.2 Å². The molecule has 0 amide bonds. The van der Waals surface area contributed by atoms with Crippen LogP contribution in [0.15, 0.2) is 24.3 Å². The van der Waals surface area contributed by atoms with E-state index in [4.69, 9.17) is 0 Å². The average molecular weight is 231 g/mol. The third-order valence-electron chi connectivity index (χ3n) is 2.51. The minimum atomic E-state index is -4.61. The molecule has 0 spiro atoms. The van der Waals surface area contributed by atoms with Crippen molar-refractivity contribution in [2.24, 2.45) is 0 Å². The topological polar surface area (TPSA) is 12.5 Å². The summed E-state index contributed by atoms with van der Waals surface area (Å²) in [6, 6.07) is 6.03. The Labute approximate surface area is 91.6 Å². The highest BCUT2D eigenvalue weighted by Crippen LogP contribution is 2.23. The van der Waals surface area contributed by atoms with Gasteiger partial charge in [-0.05, 0) is 37.2 Å². The van der Waals surface area contributed by atoms with Crippen LogP contribution >= 0.6 is 0 Å². The lowest BCUT2D eigenvalue weighted by Gasteiger charge is -2.30. The van der Waals surface area contributed by atoms with E-state index in [2.05, 4.69) is 9.64 Å². The number of ether oxygens (including phenoxy) is 1. The van der Waals surface area contributed by atoms with E-state index in [1.165, 1.54) is 18.6 Å². The first-order valence-corrected chi connectivity index (χ1v) is 5.10. The van der Waals surface area contributed by atoms with Crippen molar-refractivity contribution in [3.63, 3.8) is 0 Å². The molecule has 5 heteroatoms. The van der Waals surface area contributed by atoms with Crippen molar-refractivity contribution >= 4 is 0 Å². The number of likely N-dealkylation sites (tertiary alicyclic amines) is 1. The highest BCUT2D eigenvalue weighted by Gasteiger charge is 2.30. The molecule has 1 aromatic rings. The lowest BCUT2D eigenvalue weighted by molar-refractivity contribution is -0.274. The van der Waals surface area contributed by atoms with Gasteiger partial charge in [-0.2, -0.15) is 0 Å². The summed E-state index contributed by atoms with van der Waals surface area (Å²) in [4.78, 5) is 2.24. The zero-order valence-corrected chi connectivity index (χ0v) is 8.63. The largest absolute Gasteiger partial charge is 0.573 e. The highest BCUT2D eigenvalue weighted by atomic mass is 19.4. The minimum Gasteiger partial charge on any atom is -0.406 e. The van der Waals surface area contributed by atoms with Crippen LogP contribution in [0.2, 0.25) is 0 Å². The molecule has 0 atom stereocenters. The Bertz CT molecular complexity index is 343. The molecule has 1 fully saturated rings. The van der Waals surface area contributed by atoms with E-state index < -0.39 is 6.36 Å². The van der Waals surface area contributed by atoms with Crippen LogP contribution in [-0.2, 0) is 6.54 Å². The predicted molar refractivity (Wildman–Crippen MR) is 53.0 cm³/mol. The molecular formula is C11H12F3NO. The molecule has 0 radical (unpaired) electrons. The van der Waals surface area contributed by atoms with E-state index in [9.17, 15) is 13.2 Å². The van der Waals surface area contributed by atoms with Crippen molar-refractivity contribution in [2.75, 3.05) is 13.1 Å². The molecule has 1 aliphatic rings. The van der Waals surface area contributed by atoms with Gasteiger partial charge in [-0.15, -0.1) is 13.2 Å². The molecule has 0 N–H and O–H groups in total. The van der Waals surface area contributed by atoms with Gasteiger partial charge in [-0.25, -0.2) is 0 Å². The molecule has 0 aliphatic carbocycles. The molecule has 16 heavy (non-hydrogen) atoms. The van der Waals surface area contributed by atoms with E-state index in [1.807, 2.05) is 0 Å². The predicted octanol–water partition coefficient (Wildman–Crippen LogP) is 2.79. The van der Waals surface area contributed by atoms with Crippen LogP contribution in [0.3, 0.4) is 0 Å². The first-order chi connectivity index (χ1) is 7.53. The van der Waals surface area contributed by atoms with Crippen LogP contribution in [0.4, 0.5) is 13.2 Å². The van der Waals surface area contributed by atoms with Gasteiger partial charge in [0.1, 0.15) is 5.75 Å². The van der Waals surface area contributed by atoms with Gasteiger partial charge in [0.25, 0.3) is 0 Å². The summed E-state index contributed by atoms with van der Waals surface area (Å²) >= 11 is 0. The van der Waals surface area contributed by atoms with Gasteiger partial charge >= 0.3 is 6.36 Å². The molecule has 0 bridgehead atoms. The second-order valence-electron chi connectivity index (χ2n) is 3.82. The Hall–Kier alpha value is -1.23. The maximum absolute atomic E-state index is 11.9. The van der Waals surface area contributed by atoms with Crippen molar-refractivity contribution in [3.8, 4) is 5.75 Å². The lowest BCUT2D eigenvalue weighted by Crippen LogP contribution is -2.36. The number of nitrogens with zero attached hydrogens (tertiary/aromatic N) is 1. The molecule has 88 valence electrons. The molecular weight excluding hydrogens is 219 g/mol. The Balaban J connectivity index is 1.93. The summed E-state index contributed by atoms with van der Waals surface area (Å²) in [6.07, 6.45) is -3.41. The summed E-state index contributed by atoms with van der Waals surface area (Å²) < 4.78 is 39.4. The van der Waals surface area contributed by atoms with Crippen LogP contribution < -0.4 is 4.74 Å². The SMILES string of the molecule is FC(F)(F)Oc1ccc(CN2CCC2)cc1. The van der Waals surface area contributed by atoms with Gasteiger partial charge in [0.15, 0.2) is 0 Å². The summed E-state index contributed by atoms with van der Waals surface area (Å²) in [5.74, 6) is -0.167. The second-order valence-corrected chi connectivity index (χ2v) is 3.82. The molecule has 2 rings (SSSR count). The van der Waals surface area contributed by atoms with Crippen molar-refractivity contribution in [1.29, 1.82) is 0 Å². The fourth-order valence-electron chi connectivity index (χ4n) is 1.59. The number of benzene rings is 1. The van der Waals surface area contributed by atoms with Gasteiger partial charge in [0.2, 0.25) is 0 Å². The normalized spacial score (nSPS) is 16.9.